The normalized spacial score (nSPS) is 10.8. The Morgan fingerprint density at radius 3 is 2.41 bits per heavy atom. The number of nitrogens with two attached hydrogens (primary N) is 1. The van der Waals surface area contributed by atoms with E-state index in [0.29, 0.717) is 60.7 Å². The maximum Gasteiger partial charge on any atom is 0.305 e. The van der Waals surface area contributed by atoms with Crippen molar-refractivity contribution in [3.63, 3.8) is 0 Å². The number of carbonyl (C=O) groups is 1. The molecule has 3 aromatic rings. The minimum absolute atomic E-state index is 0.205. The number of nitrogens with zero attached hydrogens (tertiary/aromatic N) is 3. The summed E-state index contributed by atoms with van der Waals surface area (Å²) in [4.78, 5) is 22.1. The largest absolute Gasteiger partial charge is 0.493 e. The van der Waals surface area contributed by atoms with E-state index >= 15 is 0 Å². The Balaban J connectivity index is 1.65. The lowest BCUT2D eigenvalue weighted by Gasteiger charge is -2.18. The Labute approximate surface area is 222 Å². The molecule has 0 saturated heterocycles. The van der Waals surface area contributed by atoms with Gasteiger partial charge in [0.05, 0.1) is 14.2 Å². The molecule has 1 aromatic heterocycles. The van der Waals surface area contributed by atoms with Gasteiger partial charge in [0.25, 0.3) is 0 Å². The molecule has 3 rings (SSSR count). The van der Waals surface area contributed by atoms with E-state index < -0.39 is 0 Å². The highest BCUT2D eigenvalue weighted by Gasteiger charge is 2.10. The molecule has 0 amide bonds. The second-order valence-electron chi connectivity index (χ2n) is 8.26. The molecule has 0 aliphatic carbocycles. The fraction of sp³-hybridized carbons (Fsp3) is 0.346. The first-order valence-corrected chi connectivity index (χ1v) is 12.2. The summed E-state index contributed by atoms with van der Waals surface area (Å²) in [6.45, 7) is 2.17. The number of rotatable bonds is 14. The van der Waals surface area contributed by atoms with Gasteiger partial charge in [0.2, 0.25) is 0 Å². The van der Waals surface area contributed by atoms with Gasteiger partial charge in [0.15, 0.2) is 11.5 Å². The van der Waals surface area contributed by atoms with Crippen LogP contribution in [0.2, 0.25) is 5.02 Å². The van der Waals surface area contributed by atoms with Crippen LogP contribution in [0.25, 0.3) is 0 Å². The van der Waals surface area contributed by atoms with Crippen molar-refractivity contribution in [3.8, 4) is 11.5 Å². The van der Waals surface area contributed by atoms with Crippen molar-refractivity contribution in [1.29, 1.82) is 0 Å². The molecule has 0 spiro atoms. The van der Waals surface area contributed by atoms with E-state index in [4.69, 9.17) is 31.5 Å². The third-order valence-corrected chi connectivity index (χ3v) is 5.75. The summed E-state index contributed by atoms with van der Waals surface area (Å²) in [5, 5.41) is 7.23. The van der Waals surface area contributed by atoms with Crippen molar-refractivity contribution in [2.75, 3.05) is 51.6 Å². The van der Waals surface area contributed by atoms with Crippen molar-refractivity contribution in [1.82, 2.24) is 14.9 Å². The fourth-order valence-electron chi connectivity index (χ4n) is 3.56. The van der Waals surface area contributed by atoms with E-state index in [1.807, 2.05) is 43.4 Å². The lowest BCUT2D eigenvalue weighted by Crippen LogP contribution is -2.20. The van der Waals surface area contributed by atoms with Gasteiger partial charge in [-0.1, -0.05) is 11.6 Å². The van der Waals surface area contributed by atoms with Crippen LogP contribution in [0.3, 0.4) is 0 Å². The summed E-state index contributed by atoms with van der Waals surface area (Å²) in [6, 6.07) is 13.0. The first kappa shape index (κ1) is 28.0. The molecule has 37 heavy (non-hydrogen) atoms. The zero-order valence-corrected chi connectivity index (χ0v) is 22.0. The van der Waals surface area contributed by atoms with Gasteiger partial charge >= 0.3 is 5.97 Å². The van der Waals surface area contributed by atoms with Gasteiger partial charge in [-0.05, 0) is 55.9 Å². The highest BCUT2D eigenvalue weighted by molar-refractivity contribution is 6.31. The Morgan fingerprint density at radius 2 is 1.73 bits per heavy atom. The van der Waals surface area contributed by atoms with E-state index in [2.05, 4.69) is 25.5 Å². The molecule has 0 saturated carbocycles. The molecule has 4 N–H and O–H groups in total. The summed E-state index contributed by atoms with van der Waals surface area (Å²) in [5.74, 6) is 2.23. The van der Waals surface area contributed by atoms with E-state index in [1.54, 1.807) is 13.2 Å². The van der Waals surface area contributed by atoms with Crippen LogP contribution in [-0.4, -0.2) is 61.8 Å². The van der Waals surface area contributed by atoms with Gasteiger partial charge in [-0.15, -0.1) is 0 Å². The summed E-state index contributed by atoms with van der Waals surface area (Å²) in [5.41, 5.74) is 8.14. The second-order valence-corrected chi connectivity index (χ2v) is 8.67. The Morgan fingerprint density at radius 1 is 1.03 bits per heavy atom. The third kappa shape index (κ3) is 8.78. The summed E-state index contributed by atoms with van der Waals surface area (Å²) in [7, 11) is 4.98. The first-order valence-electron chi connectivity index (χ1n) is 11.8. The molecule has 0 aliphatic rings. The van der Waals surface area contributed by atoms with Gasteiger partial charge in [-0.25, -0.2) is 9.97 Å². The predicted molar refractivity (Wildman–Crippen MR) is 145 cm³/mol. The van der Waals surface area contributed by atoms with Crippen LogP contribution in [-0.2, 0) is 16.1 Å². The molecule has 0 aliphatic heterocycles. The van der Waals surface area contributed by atoms with Crippen molar-refractivity contribution < 1.29 is 19.0 Å². The van der Waals surface area contributed by atoms with Crippen LogP contribution in [0.1, 0.15) is 18.4 Å². The lowest BCUT2D eigenvalue weighted by molar-refractivity contribution is -0.140. The molecule has 0 radical (unpaired) electrons. The number of aromatic nitrogens is 2. The first-order chi connectivity index (χ1) is 17.9. The Bertz CT molecular complexity index is 1180. The number of hydrogen-bond acceptors (Lipinski definition) is 10. The minimum Gasteiger partial charge on any atom is -0.493 e. The molecule has 1 heterocycles. The molecule has 11 heteroatoms. The van der Waals surface area contributed by atoms with Crippen molar-refractivity contribution in [2.24, 2.45) is 5.73 Å². The number of carbonyl (C=O) groups excluding carboxylic acids is 1. The van der Waals surface area contributed by atoms with Gasteiger partial charge in [-0.3, -0.25) is 4.79 Å². The highest BCUT2D eigenvalue weighted by atomic mass is 35.5. The van der Waals surface area contributed by atoms with Crippen LogP contribution >= 0.6 is 11.6 Å². The number of anilines is 4. The highest BCUT2D eigenvalue weighted by Crippen LogP contribution is 2.31. The summed E-state index contributed by atoms with van der Waals surface area (Å²) in [6.07, 6.45) is 2.58. The molecular formula is C26H33ClN6O4. The van der Waals surface area contributed by atoms with E-state index in [9.17, 15) is 4.79 Å². The lowest BCUT2D eigenvalue weighted by atomic mass is 10.1. The number of methoxy groups -OCH3 is 2. The zero-order chi connectivity index (χ0) is 26.6. The van der Waals surface area contributed by atoms with Gasteiger partial charge in [0, 0.05) is 48.0 Å². The van der Waals surface area contributed by atoms with Gasteiger partial charge in [-0.2, -0.15) is 0 Å². The number of halogens is 1. The average Bonchev–Trinajstić information content (AvgIpc) is 2.89. The van der Waals surface area contributed by atoms with Crippen LogP contribution in [0, 0.1) is 0 Å². The topological polar surface area (TPSA) is 124 Å². The SMILES string of the molecule is COC(=O)CCCN(C)Cc1cc(Nc2cc(Nc3ccc(OC)c(OCCN)c3)ncn2)ccc1Cl. The van der Waals surface area contributed by atoms with E-state index in [1.165, 1.54) is 13.4 Å². The Hall–Kier alpha value is -3.60. The molecule has 10 nitrogen and oxygen atoms in total. The van der Waals surface area contributed by atoms with Crippen LogP contribution in [0.5, 0.6) is 11.5 Å². The molecule has 2 aromatic carbocycles. The quantitative estimate of drug-likeness (QED) is 0.260. The predicted octanol–water partition coefficient (Wildman–Crippen LogP) is 4.35. The number of benzene rings is 2. The Kier molecular flexibility index (Phi) is 10.8. The number of esters is 1. The second kappa shape index (κ2) is 14.2. The molecule has 0 unspecified atom stereocenters. The fourth-order valence-corrected chi connectivity index (χ4v) is 3.74. The standard InChI is InChI=1S/C26H33ClN6O4/c1-33(11-4-5-26(34)36-3)16-18-13-19(6-8-21(18)27)31-24-15-25(30-17-29-24)32-20-7-9-22(35-2)23(14-20)37-12-10-28/h6-9,13-15,17H,4-5,10-12,16,28H2,1-3H3,(H2,29,30,31,32). The number of nitrogens with one attached hydrogen (secondary N) is 2. The van der Waals surface area contributed by atoms with Crippen molar-refractivity contribution in [2.45, 2.75) is 19.4 Å². The van der Waals surface area contributed by atoms with Crippen LogP contribution < -0.4 is 25.8 Å². The van der Waals surface area contributed by atoms with Crippen molar-refractivity contribution in [3.05, 3.63) is 59.4 Å². The van der Waals surface area contributed by atoms with Crippen molar-refractivity contribution >= 4 is 40.6 Å². The van der Waals surface area contributed by atoms with Crippen LogP contribution in [0.15, 0.2) is 48.8 Å². The number of hydrogen-bond donors (Lipinski definition) is 3. The number of ether oxygens (including phenoxy) is 3. The smallest absolute Gasteiger partial charge is 0.305 e. The summed E-state index contributed by atoms with van der Waals surface area (Å²) >= 11 is 6.44. The molecular weight excluding hydrogens is 496 g/mol. The zero-order valence-electron chi connectivity index (χ0n) is 21.3. The maximum absolute atomic E-state index is 11.3. The van der Waals surface area contributed by atoms with Gasteiger partial charge < -0.3 is 35.5 Å². The molecule has 198 valence electrons. The third-order valence-electron chi connectivity index (χ3n) is 5.39. The monoisotopic (exact) mass is 528 g/mol. The van der Waals surface area contributed by atoms with Gasteiger partial charge in [0.1, 0.15) is 24.6 Å². The molecule has 0 bridgehead atoms. The minimum atomic E-state index is -0.205. The molecule has 0 atom stereocenters. The van der Waals surface area contributed by atoms with E-state index in [0.717, 1.165) is 23.5 Å². The van der Waals surface area contributed by atoms with E-state index in [-0.39, 0.29) is 5.97 Å². The average molecular weight is 529 g/mol. The summed E-state index contributed by atoms with van der Waals surface area (Å²) < 4.78 is 15.7. The van der Waals surface area contributed by atoms with Crippen LogP contribution in [0.4, 0.5) is 23.0 Å². The molecule has 0 fully saturated rings. The maximum atomic E-state index is 11.3.